The zero-order valence-corrected chi connectivity index (χ0v) is 52.0. The van der Waals surface area contributed by atoms with Crippen molar-refractivity contribution in [3.05, 3.63) is 94.0 Å². The molecule has 23 heteroatoms. The third-order valence-electron chi connectivity index (χ3n) is 13.4. The summed E-state index contributed by atoms with van der Waals surface area (Å²) in [6.07, 6.45) is 10.7. The molecule has 2 aliphatic rings. The normalized spacial score (nSPS) is 14.8. The Labute approximate surface area is 505 Å². The lowest BCUT2D eigenvalue weighted by atomic mass is 9.81. The molecule has 0 spiro atoms. The van der Waals surface area contributed by atoms with Gasteiger partial charge in [-0.05, 0) is 61.3 Å². The highest BCUT2D eigenvalue weighted by atomic mass is 16.6. The Morgan fingerprint density at radius 2 is 0.847 bits per heavy atom. The van der Waals surface area contributed by atoms with E-state index in [0.717, 1.165) is 45.4 Å². The fourth-order valence-electron chi connectivity index (χ4n) is 9.04. The molecule has 2 aliphatic heterocycles. The number of methoxy groups -OCH3 is 3. The van der Waals surface area contributed by atoms with Crippen LogP contribution < -0.4 is 14.4 Å². The third kappa shape index (κ3) is 29.3. The number of azide groups is 1. The number of hydrogen-bond acceptors (Lipinski definition) is 20. The van der Waals surface area contributed by atoms with Gasteiger partial charge in [0.1, 0.15) is 31.3 Å². The van der Waals surface area contributed by atoms with Crippen molar-refractivity contribution in [1.82, 2.24) is 0 Å². The molecule has 0 radical (unpaired) electrons. The monoisotopic (exact) mass is 1200 g/mol. The van der Waals surface area contributed by atoms with Crippen LogP contribution in [-0.2, 0) is 86.6 Å². The zero-order valence-electron chi connectivity index (χ0n) is 52.0. The average Bonchev–Trinajstić information content (AvgIpc) is 2.03. The average molecular weight is 1200 g/mol. The van der Waals surface area contributed by atoms with Crippen LogP contribution in [-0.4, -0.2) is 256 Å². The smallest absolute Gasteiger partial charge is 0.210 e. The summed E-state index contributed by atoms with van der Waals surface area (Å²) in [7, 11) is 4.96. The summed E-state index contributed by atoms with van der Waals surface area (Å²) in [4.78, 5) is 5.04. The second-order valence-electron chi connectivity index (χ2n) is 20.2. The van der Waals surface area contributed by atoms with E-state index in [9.17, 15) is 0 Å². The van der Waals surface area contributed by atoms with Crippen LogP contribution in [0.15, 0.2) is 77.6 Å². The van der Waals surface area contributed by atoms with Crippen LogP contribution in [0.5, 0.6) is 11.5 Å². The van der Waals surface area contributed by atoms with Crippen LogP contribution in [0, 0.1) is 0 Å². The molecule has 2 aromatic carbocycles. The van der Waals surface area contributed by atoms with Crippen molar-refractivity contribution in [3.63, 3.8) is 0 Å². The first-order valence-corrected chi connectivity index (χ1v) is 29.7. The van der Waals surface area contributed by atoms with Crippen LogP contribution in [0.3, 0.4) is 0 Å². The Bertz CT molecular complexity index is 2240. The molecule has 4 rings (SSSR count). The first kappa shape index (κ1) is 72.9. The van der Waals surface area contributed by atoms with E-state index in [2.05, 4.69) is 102 Å². The van der Waals surface area contributed by atoms with Gasteiger partial charge >= 0.3 is 0 Å². The number of hydrogen-bond donors (Lipinski definition) is 0. The highest BCUT2D eigenvalue weighted by molar-refractivity contribution is 6.03. The summed E-state index contributed by atoms with van der Waals surface area (Å²) in [5.74, 6) is 1.55. The van der Waals surface area contributed by atoms with Crippen molar-refractivity contribution in [2.45, 2.75) is 38.5 Å². The quantitative estimate of drug-likeness (QED) is 0.0161. The van der Waals surface area contributed by atoms with Crippen LogP contribution in [0.1, 0.15) is 38.8 Å². The fraction of sp³-hybridized carbons (Fsp3) is 0.694. The minimum atomic E-state index is -0.365. The molecule has 0 N–H and O–H groups in total. The molecule has 0 unspecified atom stereocenters. The number of rotatable bonds is 56. The minimum absolute atomic E-state index is 0.306. The topological polar surface area (TPSA) is 221 Å². The lowest BCUT2D eigenvalue weighted by Gasteiger charge is -2.27. The van der Waals surface area contributed by atoms with Crippen molar-refractivity contribution in [3.8, 4) is 11.5 Å². The van der Waals surface area contributed by atoms with Gasteiger partial charge in [-0.2, -0.15) is 4.58 Å². The molecule has 480 valence electrons. The lowest BCUT2D eigenvalue weighted by molar-refractivity contribution is -0.442. The summed E-state index contributed by atoms with van der Waals surface area (Å²) in [5, 5.41) is 3.43. The first-order valence-electron chi connectivity index (χ1n) is 29.7. The van der Waals surface area contributed by atoms with Crippen LogP contribution >= 0.6 is 0 Å². The van der Waals surface area contributed by atoms with E-state index in [1.165, 1.54) is 0 Å². The van der Waals surface area contributed by atoms with E-state index in [1.807, 2.05) is 12.1 Å². The minimum Gasteiger partial charge on any atom is -0.491 e. The maximum absolute atomic E-state index is 8.32. The van der Waals surface area contributed by atoms with Gasteiger partial charge in [0.15, 0.2) is 12.3 Å². The summed E-state index contributed by atoms with van der Waals surface area (Å²) in [5.41, 5.74) is 14.4. The molecule has 0 bridgehead atoms. The first-order chi connectivity index (χ1) is 41.7. The van der Waals surface area contributed by atoms with Gasteiger partial charge in [0.2, 0.25) is 5.69 Å². The second kappa shape index (κ2) is 46.5. The predicted molar refractivity (Wildman–Crippen MR) is 324 cm³/mol. The van der Waals surface area contributed by atoms with Crippen LogP contribution in [0.4, 0.5) is 11.4 Å². The molecule has 2 aromatic rings. The molecule has 0 aliphatic carbocycles. The van der Waals surface area contributed by atoms with Gasteiger partial charge in [-0.1, -0.05) is 37.2 Å². The molecule has 0 saturated carbocycles. The molecule has 85 heavy (non-hydrogen) atoms. The number of ether oxygens (including phenoxy) is 18. The van der Waals surface area contributed by atoms with Gasteiger partial charge in [0.05, 0.1) is 190 Å². The number of benzene rings is 2. The highest BCUT2D eigenvalue weighted by Crippen LogP contribution is 2.49. The van der Waals surface area contributed by atoms with E-state index in [4.69, 9.17) is 90.8 Å². The SMILES string of the molecule is COCCOCCOCCOCCOc1ccc2c(c1)C(C)(C)C(\C=C/C=C\C=C1\N(CCOCCOCCOCCOC)c3ccc(OCCOCCOCCOCCOCCN=[N+]=[N-])cc3C1(C)C)=[N+]2CCOCCOCCOCCOC. The fourth-order valence-corrected chi connectivity index (χ4v) is 9.04. The number of nitrogens with zero attached hydrogens (tertiary/aromatic N) is 5. The van der Waals surface area contributed by atoms with Crippen molar-refractivity contribution >= 4 is 17.1 Å². The van der Waals surface area contributed by atoms with E-state index >= 15 is 0 Å². The Morgan fingerprint density at radius 3 is 1.31 bits per heavy atom. The van der Waals surface area contributed by atoms with Gasteiger partial charge < -0.3 is 90.2 Å². The van der Waals surface area contributed by atoms with E-state index in [-0.39, 0.29) is 10.8 Å². The highest BCUT2D eigenvalue weighted by Gasteiger charge is 2.45. The predicted octanol–water partition coefficient (Wildman–Crippen LogP) is 7.08. The maximum atomic E-state index is 8.32. The summed E-state index contributed by atoms with van der Waals surface area (Å²) in [6.45, 7) is 25.5. The molecule has 0 aromatic heterocycles. The van der Waals surface area contributed by atoms with Crippen LogP contribution in [0.2, 0.25) is 0 Å². The van der Waals surface area contributed by atoms with E-state index in [0.29, 0.717) is 224 Å². The van der Waals surface area contributed by atoms with E-state index in [1.54, 1.807) is 21.3 Å². The van der Waals surface area contributed by atoms with Gasteiger partial charge in [0, 0.05) is 73.8 Å². The lowest BCUT2D eigenvalue weighted by Crippen LogP contribution is -2.29. The molecule has 2 heterocycles. The number of anilines is 1. The molecular weight excluding hydrogens is 1100 g/mol. The molecule has 0 atom stereocenters. The molecule has 23 nitrogen and oxygen atoms in total. The number of allylic oxidation sites excluding steroid dienone is 6. The van der Waals surface area contributed by atoms with E-state index < -0.39 is 0 Å². The standard InChI is InChI=1S/C62H100N5O18/c1-61(2)55-51-53(84-49-47-82-45-43-80-40-37-76-28-25-70-7)13-15-57(55)66(18-21-72-30-33-78-38-35-74-26-23-68-5)59(61)11-9-8-10-12-60-62(3,4)56-52-54(85-50-48-83-46-44-81-42-41-77-32-29-71-20-17-64-65-63)14-16-58(56)67(60)19-22-73-31-34-79-39-36-75-27-24-69-6/h8-16,51-52H,17-50H2,1-7H3/q+1. The Kier molecular flexibility index (Phi) is 39.9. The van der Waals surface area contributed by atoms with Crippen molar-refractivity contribution < 1.29 is 89.8 Å². The number of fused-ring (bicyclic) bond motifs is 2. The molecule has 0 fully saturated rings. The molecule has 0 amide bonds. The van der Waals surface area contributed by atoms with Gasteiger partial charge in [-0.15, -0.1) is 0 Å². The molecule has 0 saturated heterocycles. The Morgan fingerprint density at radius 1 is 0.447 bits per heavy atom. The van der Waals surface area contributed by atoms with Gasteiger partial charge in [0.25, 0.3) is 0 Å². The summed E-state index contributed by atoms with van der Waals surface area (Å²) < 4.78 is 104. The summed E-state index contributed by atoms with van der Waals surface area (Å²) >= 11 is 0. The van der Waals surface area contributed by atoms with Gasteiger partial charge in [-0.3, -0.25) is 0 Å². The molecular formula is C62H100N5O18+. The van der Waals surface area contributed by atoms with Gasteiger partial charge in [-0.25, -0.2) is 0 Å². The maximum Gasteiger partial charge on any atom is 0.210 e. The van der Waals surface area contributed by atoms with Crippen molar-refractivity contribution in [1.29, 1.82) is 0 Å². The van der Waals surface area contributed by atoms with Crippen molar-refractivity contribution in [2.24, 2.45) is 5.11 Å². The van der Waals surface area contributed by atoms with Crippen molar-refractivity contribution in [2.75, 3.05) is 251 Å². The summed E-state index contributed by atoms with van der Waals surface area (Å²) in [6, 6.07) is 12.6. The Balaban J connectivity index is 1.40. The second-order valence-corrected chi connectivity index (χ2v) is 20.2. The largest absolute Gasteiger partial charge is 0.491 e. The Hall–Kier alpha value is -4.60. The third-order valence-corrected chi connectivity index (χ3v) is 13.4. The van der Waals surface area contributed by atoms with Crippen LogP contribution in [0.25, 0.3) is 10.4 Å². The zero-order chi connectivity index (χ0) is 60.7.